The standard InChI is InChI=1S/C18H37N5O10/c19-2-6-10(25)12(27)9(23)17(30-6)32-15-4(20)1-5(21)16(14(15)29)33-18-13(28)11(26)8(22)7(3-24)31-18/h4-18,24-29H,1-3,19-23H2/t4-,5+,6+,7+,8+,9+,10+,11-,12+,13+,14-,15+,16-,17+,18+/m0/s1. The van der Waals surface area contributed by atoms with E-state index in [1.165, 1.54) is 0 Å². The molecular formula is C18H37N5O10. The van der Waals surface area contributed by atoms with E-state index in [2.05, 4.69) is 0 Å². The highest BCUT2D eigenvalue weighted by Crippen LogP contribution is 2.30. The van der Waals surface area contributed by atoms with Crippen LogP contribution in [0, 0.1) is 0 Å². The maximum atomic E-state index is 11.0. The Morgan fingerprint density at radius 3 is 1.73 bits per heavy atom. The van der Waals surface area contributed by atoms with Crippen LogP contribution < -0.4 is 28.7 Å². The molecule has 0 aromatic rings. The van der Waals surface area contributed by atoms with Gasteiger partial charge < -0.3 is 78.3 Å². The average Bonchev–Trinajstić information content (AvgIpc) is 2.79. The first kappa shape index (κ1) is 27.0. The number of hydrogen-bond acceptors (Lipinski definition) is 15. The minimum Gasteiger partial charge on any atom is -0.394 e. The van der Waals surface area contributed by atoms with E-state index in [-0.39, 0.29) is 13.0 Å². The summed E-state index contributed by atoms with van der Waals surface area (Å²) < 4.78 is 22.5. The lowest BCUT2D eigenvalue weighted by Gasteiger charge is -2.48. The number of hydrogen-bond donors (Lipinski definition) is 11. The van der Waals surface area contributed by atoms with Gasteiger partial charge in [-0.05, 0) is 6.42 Å². The van der Waals surface area contributed by atoms with Crippen molar-refractivity contribution in [2.24, 2.45) is 28.7 Å². The number of aliphatic hydroxyl groups excluding tert-OH is 6. The van der Waals surface area contributed by atoms with Crippen LogP contribution in [0.25, 0.3) is 0 Å². The topological polar surface area (TPSA) is 288 Å². The highest BCUT2D eigenvalue weighted by atomic mass is 16.7. The van der Waals surface area contributed by atoms with E-state index in [4.69, 9.17) is 47.6 Å². The summed E-state index contributed by atoms with van der Waals surface area (Å²) in [5, 5.41) is 61.0. The molecule has 0 amide bonds. The first-order chi connectivity index (χ1) is 15.5. The number of ether oxygens (including phenoxy) is 4. The van der Waals surface area contributed by atoms with Crippen molar-refractivity contribution in [3.05, 3.63) is 0 Å². The molecule has 3 aliphatic rings. The minimum absolute atomic E-state index is 0.117. The lowest BCUT2D eigenvalue weighted by molar-refractivity contribution is -0.319. The van der Waals surface area contributed by atoms with Gasteiger partial charge in [-0.3, -0.25) is 0 Å². The highest BCUT2D eigenvalue weighted by molar-refractivity contribution is 5.01. The van der Waals surface area contributed by atoms with Gasteiger partial charge >= 0.3 is 0 Å². The second-order valence-corrected chi connectivity index (χ2v) is 8.88. The van der Waals surface area contributed by atoms with Gasteiger partial charge in [0.15, 0.2) is 12.6 Å². The van der Waals surface area contributed by atoms with Crippen molar-refractivity contribution in [3.63, 3.8) is 0 Å². The molecule has 0 radical (unpaired) electrons. The molecule has 0 unspecified atom stereocenters. The Balaban J connectivity index is 1.72. The second kappa shape index (κ2) is 11.0. The van der Waals surface area contributed by atoms with Gasteiger partial charge in [-0.25, -0.2) is 0 Å². The molecule has 33 heavy (non-hydrogen) atoms. The molecule has 3 rings (SSSR count). The van der Waals surface area contributed by atoms with Crippen molar-refractivity contribution in [3.8, 4) is 0 Å². The molecule has 0 aromatic carbocycles. The van der Waals surface area contributed by atoms with Gasteiger partial charge in [-0.1, -0.05) is 0 Å². The van der Waals surface area contributed by atoms with E-state index in [0.29, 0.717) is 0 Å². The van der Waals surface area contributed by atoms with Gasteiger partial charge in [0.25, 0.3) is 0 Å². The fourth-order valence-corrected chi connectivity index (χ4v) is 4.45. The largest absolute Gasteiger partial charge is 0.394 e. The van der Waals surface area contributed by atoms with Crippen LogP contribution >= 0.6 is 0 Å². The van der Waals surface area contributed by atoms with Crippen molar-refractivity contribution in [1.29, 1.82) is 0 Å². The van der Waals surface area contributed by atoms with Crippen LogP contribution in [0.3, 0.4) is 0 Å². The molecule has 0 bridgehead atoms. The second-order valence-electron chi connectivity index (χ2n) is 8.88. The first-order valence-electron chi connectivity index (χ1n) is 10.9. The summed E-state index contributed by atoms with van der Waals surface area (Å²) in [5.41, 5.74) is 29.5. The molecule has 0 spiro atoms. The summed E-state index contributed by atoms with van der Waals surface area (Å²) in [4.78, 5) is 0. The zero-order chi connectivity index (χ0) is 24.6. The van der Waals surface area contributed by atoms with E-state index < -0.39 is 98.3 Å². The monoisotopic (exact) mass is 483 g/mol. The molecule has 15 atom stereocenters. The summed E-state index contributed by atoms with van der Waals surface area (Å²) in [6, 6.07) is -3.81. The Bertz CT molecular complexity index is 585. The van der Waals surface area contributed by atoms with Crippen LogP contribution in [-0.4, -0.2) is 135 Å². The Labute approximate surface area is 190 Å². The lowest BCUT2D eigenvalue weighted by Crippen LogP contribution is -2.69. The average molecular weight is 484 g/mol. The molecule has 2 aliphatic heterocycles. The molecule has 15 heteroatoms. The smallest absolute Gasteiger partial charge is 0.187 e. The molecule has 2 heterocycles. The third-order valence-electron chi connectivity index (χ3n) is 6.57. The molecule has 3 fully saturated rings. The third kappa shape index (κ3) is 5.32. The van der Waals surface area contributed by atoms with Crippen molar-refractivity contribution >= 4 is 0 Å². The molecule has 16 N–H and O–H groups in total. The fourth-order valence-electron chi connectivity index (χ4n) is 4.45. The number of aliphatic hydroxyl groups is 6. The van der Waals surface area contributed by atoms with Crippen molar-refractivity contribution in [2.75, 3.05) is 13.2 Å². The Morgan fingerprint density at radius 1 is 0.667 bits per heavy atom. The quantitative estimate of drug-likeness (QED) is 0.167. The van der Waals surface area contributed by atoms with Gasteiger partial charge in [0.1, 0.15) is 54.9 Å². The number of nitrogens with two attached hydrogens (primary N) is 5. The van der Waals surface area contributed by atoms with Crippen molar-refractivity contribution in [2.45, 2.75) is 98.1 Å². The Hall–Kier alpha value is -0.600. The van der Waals surface area contributed by atoms with Gasteiger partial charge in [0.2, 0.25) is 0 Å². The van der Waals surface area contributed by atoms with Gasteiger partial charge in [-0.15, -0.1) is 0 Å². The predicted octanol–water partition coefficient (Wildman–Crippen LogP) is -7.33. The summed E-state index contributed by atoms with van der Waals surface area (Å²) in [6.45, 7) is -0.651. The van der Waals surface area contributed by atoms with E-state index in [0.717, 1.165) is 0 Å². The highest BCUT2D eigenvalue weighted by Gasteiger charge is 2.51. The van der Waals surface area contributed by atoms with Crippen LogP contribution in [0.5, 0.6) is 0 Å². The van der Waals surface area contributed by atoms with E-state index in [1.807, 2.05) is 0 Å². The number of rotatable bonds is 6. The van der Waals surface area contributed by atoms with Gasteiger partial charge in [-0.2, -0.15) is 0 Å². The molecule has 2 saturated heterocycles. The van der Waals surface area contributed by atoms with Crippen molar-refractivity contribution in [1.82, 2.24) is 0 Å². The Morgan fingerprint density at radius 2 is 1.18 bits per heavy atom. The van der Waals surface area contributed by atoms with Crippen LogP contribution in [0.4, 0.5) is 0 Å². The summed E-state index contributed by atoms with van der Waals surface area (Å²) in [5.74, 6) is 0. The van der Waals surface area contributed by atoms with E-state index in [9.17, 15) is 30.6 Å². The summed E-state index contributed by atoms with van der Waals surface area (Å²) in [7, 11) is 0. The SMILES string of the molecule is NC[C@H]1O[C@H](O[C@H]2[C@H](O)[C@@H](O[C@H]3O[C@H](CO)[C@@H](N)[C@H](O)[C@H]3O)[C@H](N)C[C@@H]2N)[C@H](N)[C@@H](O)[C@@H]1O. The maximum absolute atomic E-state index is 11.0. The molecule has 0 aromatic heterocycles. The van der Waals surface area contributed by atoms with E-state index in [1.54, 1.807) is 0 Å². The summed E-state index contributed by atoms with van der Waals surface area (Å²) >= 11 is 0. The minimum atomic E-state index is -1.57. The van der Waals surface area contributed by atoms with Crippen LogP contribution in [-0.2, 0) is 18.9 Å². The van der Waals surface area contributed by atoms with Crippen LogP contribution in [0.15, 0.2) is 0 Å². The van der Waals surface area contributed by atoms with Gasteiger partial charge in [0, 0.05) is 18.6 Å². The van der Waals surface area contributed by atoms with Crippen LogP contribution in [0.1, 0.15) is 6.42 Å². The van der Waals surface area contributed by atoms with Crippen LogP contribution in [0.2, 0.25) is 0 Å². The molecule has 194 valence electrons. The lowest BCUT2D eigenvalue weighted by atomic mass is 9.84. The molecular weight excluding hydrogens is 446 g/mol. The van der Waals surface area contributed by atoms with Gasteiger partial charge in [0.05, 0.1) is 18.7 Å². The first-order valence-corrected chi connectivity index (χ1v) is 10.9. The van der Waals surface area contributed by atoms with E-state index >= 15 is 0 Å². The zero-order valence-electron chi connectivity index (χ0n) is 18.0. The fraction of sp³-hybridized carbons (Fsp3) is 1.00. The summed E-state index contributed by atoms with van der Waals surface area (Å²) in [6.07, 6.45) is -14.1. The third-order valence-corrected chi connectivity index (χ3v) is 6.57. The molecule has 1 saturated carbocycles. The maximum Gasteiger partial charge on any atom is 0.187 e. The molecule has 15 nitrogen and oxygen atoms in total. The van der Waals surface area contributed by atoms with Crippen molar-refractivity contribution < 1.29 is 49.6 Å². The Kier molecular flexibility index (Phi) is 8.99. The molecule has 1 aliphatic carbocycles. The zero-order valence-corrected chi connectivity index (χ0v) is 18.0. The predicted molar refractivity (Wildman–Crippen MR) is 110 cm³/mol. The normalized spacial score (nSPS) is 53.7.